The summed E-state index contributed by atoms with van der Waals surface area (Å²) in [7, 11) is 0. The number of aryl methyl sites for hydroxylation is 2. The van der Waals surface area contributed by atoms with E-state index in [1.165, 1.54) is 5.01 Å². The molecule has 0 unspecified atom stereocenters. The lowest BCUT2D eigenvalue weighted by molar-refractivity contribution is -0.154. The van der Waals surface area contributed by atoms with Crippen molar-refractivity contribution in [3.63, 3.8) is 0 Å². The highest BCUT2D eigenvalue weighted by molar-refractivity contribution is 6.18. The van der Waals surface area contributed by atoms with Gasteiger partial charge in [0.25, 0.3) is 5.91 Å². The zero-order valence-electron chi connectivity index (χ0n) is 19.6. The van der Waals surface area contributed by atoms with Crippen LogP contribution in [0.2, 0.25) is 0 Å². The number of carboxylic acid groups (broad SMARTS) is 1. The first-order valence-electron chi connectivity index (χ1n) is 11.7. The van der Waals surface area contributed by atoms with Crippen molar-refractivity contribution < 1.29 is 19.4 Å². The number of nitrogens with zero attached hydrogens (tertiary/aromatic N) is 2. The third-order valence-corrected chi connectivity index (χ3v) is 6.86. The number of anilines is 1. The Morgan fingerprint density at radius 2 is 1.67 bits per heavy atom. The molecular weight excluding hydrogens is 416 g/mol. The first-order valence-corrected chi connectivity index (χ1v) is 11.7. The summed E-state index contributed by atoms with van der Waals surface area (Å²) in [5.41, 5.74) is 2.30. The number of carbonyl (C=O) groups excluding carboxylic acids is 1. The first-order chi connectivity index (χ1) is 15.7. The van der Waals surface area contributed by atoms with Gasteiger partial charge in [0.1, 0.15) is 5.75 Å². The fourth-order valence-corrected chi connectivity index (χ4v) is 4.62. The van der Waals surface area contributed by atoms with E-state index in [1.807, 2.05) is 69.3 Å². The topological polar surface area (TPSA) is 79.2 Å². The highest BCUT2D eigenvalue weighted by Gasteiger charge is 2.44. The van der Waals surface area contributed by atoms with Gasteiger partial charge in [-0.05, 0) is 95.5 Å². The second-order valence-electron chi connectivity index (χ2n) is 9.73. The van der Waals surface area contributed by atoms with Crippen molar-refractivity contribution in [3.05, 3.63) is 59.7 Å². The van der Waals surface area contributed by atoms with Gasteiger partial charge in [-0.2, -0.15) is 5.10 Å². The highest BCUT2D eigenvalue weighted by Crippen LogP contribution is 2.36. The standard InChI is InChI=1S/C27H32N2O4/c1-19-9-13-21(14-10-19)29-24(30)26(2,3)23(28-29)8-6-7-20-11-15-22(16-12-20)33-27(25(31)32)17-4-5-18-27/h9-16H,4-8,17-18H2,1-3H3,(H,31,32). The highest BCUT2D eigenvalue weighted by atomic mass is 16.5. The minimum atomic E-state index is -1.08. The minimum absolute atomic E-state index is 0.00197. The van der Waals surface area contributed by atoms with Crippen molar-refractivity contribution in [3.8, 4) is 5.75 Å². The van der Waals surface area contributed by atoms with E-state index in [4.69, 9.17) is 4.74 Å². The molecule has 0 bridgehead atoms. The smallest absolute Gasteiger partial charge is 0.348 e. The average molecular weight is 449 g/mol. The van der Waals surface area contributed by atoms with Crippen LogP contribution in [-0.2, 0) is 16.0 Å². The van der Waals surface area contributed by atoms with Crippen LogP contribution in [0.5, 0.6) is 5.75 Å². The maximum absolute atomic E-state index is 13.0. The van der Waals surface area contributed by atoms with Crippen molar-refractivity contribution in [1.82, 2.24) is 0 Å². The molecule has 2 aliphatic rings. The van der Waals surface area contributed by atoms with Crippen LogP contribution in [0.15, 0.2) is 53.6 Å². The van der Waals surface area contributed by atoms with Gasteiger partial charge in [0.2, 0.25) is 5.60 Å². The SMILES string of the molecule is Cc1ccc(N2N=C(CCCc3ccc(OC4(C(=O)O)CCCC4)cc3)C(C)(C)C2=O)cc1. The second-order valence-corrected chi connectivity index (χ2v) is 9.73. The van der Waals surface area contributed by atoms with E-state index in [2.05, 4.69) is 5.10 Å². The maximum atomic E-state index is 13.0. The summed E-state index contributed by atoms with van der Waals surface area (Å²) in [6.07, 6.45) is 5.33. The molecule has 4 rings (SSSR count). The Morgan fingerprint density at radius 3 is 2.27 bits per heavy atom. The predicted molar refractivity (Wildman–Crippen MR) is 129 cm³/mol. The van der Waals surface area contributed by atoms with Gasteiger partial charge in [-0.15, -0.1) is 0 Å². The minimum Gasteiger partial charge on any atom is -0.478 e. The summed E-state index contributed by atoms with van der Waals surface area (Å²) in [6, 6.07) is 15.5. The Kier molecular flexibility index (Phi) is 6.28. The number of carboxylic acids is 1. The summed E-state index contributed by atoms with van der Waals surface area (Å²) in [6.45, 7) is 5.90. The van der Waals surface area contributed by atoms with Crippen LogP contribution in [0.3, 0.4) is 0 Å². The number of amides is 1. The molecule has 2 aromatic rings. The molecule has 0 radical (unpaired) electrons. The Balaban J connectivity index is 1.36. The zero-order valence-corrected chi connectivity index (χ0v) is 19.6. The molecule has 1 amide bonds. The van der Waals surface area contributed by atoms with Gasteiger partial charge >= 0.3 is 5.97 Å². The van der Waals surface area contributed by atoms with E-state index in [0.717, 1.165) is 54.6 Å². The van der Waals surface area contributed by atoms with Crippen molar-refractivity contribution in [2.75, 3.05) is 5.01 Å². The Hall–Kier alpha value is -3.15. The number of hydrazone groups is 1. The van der Waals surface area contributed by atoms with Gasteiger partial charge in [0, 0.05) is 0 Å². The molecule has 0 aromatic heterocycles. The maximum Gasteiger partial charge on any atom is 0.348 e. The number of ether oxygens (including phenoxy) is 1. The van der Waals surface area contributed by atoms with Gasteiger partial charge in [-0.25, -0.2) is 9.80 Å². The molecule has 1 fully saturated rings. The largest absolute Gasteiger partial charge is 0.478 e. The number of carbonyl (C=O) groups is 2. The lowest BCUT2D eigenvalue weighted by Crippen LogP contribution is -2.41. The third-order valence-electron chi connectivity index (χ3n) is 6.86. The molecule has 6 nitrogen and oxygen atoms in total. The fourth-order valence-electron chi connectivity index (χ4n) is 4.62. The van der Waals surface area contributed by atoms with E-state index in [-0.39, 0.29) is 5.91 Å². The van der Waals surface area contributed by atoms with E-state index in [1.54, 1.807) is 0 Å². The van der Waals surface area contributed by atoms with Gasteiger partial charge in [-0.3, -0.25) is 4.79 Å². The molecule has 1 aliphatic heterocycles. The van der Waals surface area contributed by atoms with Gasteiger partial charge in [-0.1, -0.05) is 29.8 Å². The Morgan fingerprint density at radius 1 is 1.03 bits per heavy atom. The predicted octanol–water partition coefficient (Wildman–Crippen LogP) is 5.52. The molecule has 1 saturated carbocycles. The van der Waals surface area contributed by atoms with Crippen molar-refractivity contribution in [2.24, 2.45) is 10.5 Å². The molecule has 1 N–H and O–H groups in total. The summed E-state index contributed by atoms with van der Waals surface area (Å²) < 4.78 is 5.90. The van der Waals surface area contributed by atoms with Crippen molar-refractivity contribution in [2.45, 2.75) is 71.3 Å². The molecule has 0 spiro atoms. The summed E-state index contributed by atoms with van der Waals surface area (Å²) >= 11 is 0. The van der Waals surface area contributed by atoms with E-state index in [0.29, 0.717) is 18.6 Å². The number of benzene rings is 2. The number of rotatable bonds is 8. The summed E-state index contributed by atoms with van der Waals surface area (Å²) in [4.78, 5) is 24.7. The molecule has 2 aromatic carbocycles. The Labute approximate surface area is 195 Å². The average Bonchev–Trinajstić information content (AvgIpc) is 3.35. The molecule has 1 aliphatic carbocycles. The first kappa shape index (κ1) is 23.0. The lowest BCUT2D eigenvalue weighted by Gasteiger charge is -2.25. The van der Waals surface area contributed by atoms with Crippen LogP contribution >= 0.6 is 0 Å². The molecule has 174 valence electrons. The normalized spacial score (nSPS) is 18.9. The molecule has 1 heterocycles. The number of hydrogen-bond acceptors (Lipinski definition) is 4. The molecule has 6 heteroatoms. The van der Waals surface area contributed by atoms with Crippen molar-refractivity contribution >= 4 is 23.3 Å². The van der Waals surface area contributed by atoms with E-state index >= 15 is 0 Å². The Bertz CT molecular complexity index is 1050. The van der Waals surface area contributed by atoms with Crippen LogP contribution in [0, 0.1) is 12.3 Å². The number of hydrogen-bond donors (Lipinski definition) is 1. The fraction of sp³-hybridized carbons (Fsp3) is 0.444. The van der Waals surface area contributed by atoms with Crippen LogP contribution < -0.4 is 9.75 Å². The molecule has 33 heavy (non-hydrogen) atoms. The van der Waals surface area contributed by atoms with E-state index < -0.39 is 17.0 Å². The monoisotopic (exact) mass is 448 g/mol. The molecule has 0 saturated heterocycles. The van der Waals surface area contributed by atoms with Gasteiger partial charge in [0.05, 0.1) is 16.8 Å². The molecule has 0 atom stereocenters. The quantitative estimate of drug-likeness (QED) is 0.576. The third kappa shape index (κ3) is 4.65. The van der Waals surface area contributed by atoms with E-state index in [9.17, 15) is 14.7 Å². The summed E-state index contributed by atoms with van der Waals surface area (Å²) in [5.74, 6) is -0.274. The van der Waals surface area contributed by atoms with Crippen LogP contribution in [0.4, 0.5) is 5.69 Å². The lowest BCUT2D eigenvalue weighted by atomic mass is 9.84. The summed E-state index contributed by atoms with van der Waals surface area (Å²) in [5, 5.41) is 15.8. The zero-order chi connectivity index (χ0) is 23.6. The van der Waals surface area contributed by atoms with Crippen LogP contribution in [-0.4, -0.2) is 28.3 Å². The number of aliphatic carboxylic acids is 1. The molecular formula is C27H32N2O4. The second kappa shape index (κ2) is 9.00. The van der Waals surface area contributed by atoms with Crippen LogP contribution in [0.1, 0.15) is 63.5 Å². The van der Waals surface area contributed by atoms with Crippen LogP contribution in [0.25, 0.3) is 0 Å². The van der Waals surface area contributed by atoms with Gasteiger partial charge in [0.15, 0.2) is 0 Å². The van der Waals surface area contributed by atoms with Gasteiger partial charge < -0.3 is 9.84 Å². The van der Waals surface area contributed by atoms with Crippen molar-refractivity contribution in [1.29, 1.82) is 0 Å².